The molecular formula is C42H36ClF6N9O3S. The number of nitrogens with one attached hydrogen (secondary N) is 2. The largest absolute Gasteiger partial charge is 0.346 e. The van der Waals surface area contributed by atoms with E-state index in [0.717, 1.165) is 18.4 Å². The molecule has 8 rings (SSSR count). The van der Waals surface area contributed by atoms with E-state index in [0.29, 0.717) is 43.3 Å². The van der Waals surface area contributed by atoms with E-state index in [9.17, 15) is 30.8 Å². The molecule has 3 aliphatic rings. The first-order valence-corrected chi connectivity index (χ1v) is 21.4. The lowest BCUT2D eigenvalue weighted by atomic mass is 9.84. The Morgan fingerprint density at radius 1 is 1.08 bits per heavy atom. The molecule has 5 aromatic rings. The number of rotatable bonds is 11. The quantitative estimate of drug-likeness (QED) is 0.142. The smallest absolute Gasteiger partial charge is 0.304 e. The van der Waals surface area contributed by atoms with Crippen LogP contribution in [0, 0.1) is 41.2 Å². The van der Waals surface area contributed by atoms with Crippen LogP contribution in [0.15, 0.2) is 42.7 Å². The summed E-state index contributed by atoms with van der Waals surface area (Å²) in [4.78, 5) is 23.5. The van der Waals surface area contributed by atoms with Crippen LogP contribution in [0.1, 0.15) is 90.4 Å². The fourth-order valence-corrected chi connectivity index (χ4v) is 9.11. The zero-order chi connectivity index (χ0) is 44.6. The highest BCUT2D eigenvalue weighted by molar-refractivity contribution is 7.92. The first-order valence-electron chi connectivity index (χ1n) is 19.1. The fraction of sp³-hybridized carbons (Fsp3) is 0.357. The molecule has 0 spiro atoms. The molecule has 322 valence electrons. The van der Waals surface area contributed by atoms with E-state index in [4.69, 9.17) is 16.6 Å². The highest BCUT2D eigenvalue weighted by Gasteiger charge is 2.60. The van der Waals surface area contributed by atoms with Crippen LogP contribution in [0.2, 0.25) is 0 Å². The van der Waals surface area contributed by atoms with Gasteiger partial charge >= 0.3 is 5.92 Å². The molecule has 0 aliphatic heterocycles. The van der Waals surface area contributed by atoms with Gasteiger partial charge < -0.3 is 9.88 Å². The molecule has 1 amide bonds. The number of anilines is 1. The van der Waals surface area contributed by atoms with Gasteiger partial charge in [0.25, 0.3) is 6.43 Å². The lowest BCUT2D eigenvalue weighted by molar-refractivity contribution is -0.123. The van der Waals surface area contributed by atoms with Crippen LogP contribution in [-0.2, 0) is 53.2 Å². The Balaban J connectivity index is 1.30. The van der Waals surface area contributed by atoms with Gasteiger partial charge in [0.1, 0.15) is 47.0 Å². The number of hydrogen-bond acceptors (Lipinski definition) is 7. The number of carbonyl (C=O) groups is 1. The SMILES string of the molecule is Cn1ccnc1C(C)(C)C#Cc1ccc(C2=c3c(c(NS(C)(=O)=O)nn3C)=C(Cl)CC2)c([C@H](Cc2cc(F)cc(F)c2)NC(=O)Cn2nc(C(F)F)c3c2C(F)(F)[C@@H]2C#C[C@H]32)n1. The Morgan fingerprint density at radius 3 is 2.44 bits per heavy atom. The van der Waals surface area contributed by atoms with Gasteiger partial charge in [0.15, 0.2) is 5.82 Å². The summed E-state index contributed by atoms with van der Waals surface area (Å²) in [5, 5.41) is 11.9. The van der Waals surface area contributed by atoms with E-state index in [1.807, 2.05) is 25.5 Å². The van der Waals surface area contributed by atoms with Gasteiger partial charge in [-0.3, -0.25) is 18.9 Å². The van der Waals surface area contributed by atoms with Crippen LogP contribution in [0.25, 0.3) is 10.6 Å². The van der Waals surface area contributed by atoms with Crippen LogP contribution in [0.3, 0.4) is 0 Å². The maximum Gasteiger partial charge on any atom is 0.304 e. The fourth-order valence-electron chi connectivity index (χ4n) is 8.34. The maximum atomic E-state index is 15.7. The average Bonchev–Trinajstić information content (AvgIpc) is 3.87. The van der Waals surface area contributed by atoms with Gasteiger partial charge in [-0.05, 0) is 74.4 Å². The molecule has 0 bridgehead atoms. The molecule has 20 heteroatoms. The number of amides is 1. The van der Waals surface area contributed by atoms with Crippen molar-refractivity contribution in [1.29, 1.82) is 0 Å². The van der Waals surface area contributed by atoms with Gasteiger partial charge in [-0.1, -0.05) is 29.4 Å². The van der Waals surface area contributed by atoms with E-state index >= 15 is 8.78 Å². The van der Waals surface area contributed by atoms with Crippen LogP contribution in [0.5, 0.6) is 0 Å². The van der Waals surface area contributed by atoms with E-state index in [1.54, 1.807) is 31.6 Å². The number of aromatic nitrogens is 7. The summed E-state index contributed by atoms with van der Waals surface area (Å²) in [5.74, 6) is 2.53. The Kier molecular flexibility index (Phi) is 10.6. The third-order valence-corrected chi connectivity index (χ3v) is 11.8. The van der Waals surface area contributed by atoms with E-state index in [1.165, 1.54) is 4.68 Å². The molecule has 12 nitrogen and oxygen atoms in total. The molecule has 0 fully saturated rings. The summed E-state index contributed by atoms with van der Waals surface area (Å²) >= 11 is 6.73. The van der Waals surface area contributed by atoms with E-state index in [-0.39, 0.29) is 42.0 Å². The number of hydrogen-bond donors (Lipinski definition) is 2. The zero-order valence-corrected chi connectivity index (χ0v) is 35.2. The van der Waals surface area contributed by atoms with E-state index in [2.05, 4.69) is 48.9 Å². The van der Waals surface area contributed by atoms with Gasteiger partial charge in [-0.2, -0.15) is 19.0 Å². The predicted octanol–water partition coefficient (Wildman–Crippen LogP) is 4.92. The van der Waals surface area contributed by atoms with Crippen molar-refractivity contribution >= 4 is 44.0 Å². The highest BCUT2D eigenvalue weighted by atomic mass is 35.5. The van der Waals surface area contributed by atoms with Crippen LogP contribution >= 0.6 is 11.6 Å². The second kappa shape index (κ2) is 15.4. The highest BCUT2D eigenvalue weighted by Crippen LogP contribution is 2.57. The average molecular weight is 896 g/mol. The Morgan fingerprint density at radius 2 is 1.81 bits per heavy atom. The summed E-state index contributed by atoms with van der Waals surface area (Å²) in [5.41, 5.74) is -1.65. The lowest BCUT2D eigenvalue weighted by Crippen LogP contribution is -2.38. The number of imidazole rings is 1. The summed E-state index contributed by atoms with van der Waals surface area (Å²) in [6.07, 6.45) is 1.28. The molecule has 4 heterocycles. The molecule has 3 aliphatic carbocycles. The molecule has 4 aromatic heterocycles. The van der Waals surface area contributed by atoms with Crippen molar-refractivity contribution in [2.45, 2.75) is 69.4 Å². The monoisotopic (exact) mass is 895 g/mol. The number of pyridine rings is 1. The van der Waals surface area contributed by atoms with Crippen LogP contribution in [-0.4, -0.2) is 54.7 Å². The number of halogens is 7. The molecule has 1 aromatic carbocycles. The van der Waals surface area contributed by atoms with Crippen molar-refractivity contribution in [3.63, 3.8) is 0 Å². The van der Waals surface area contributed by atoms with Crippen molar-refractivity contribution in [3.05, 3.63) is 110 Å². The van der Waals surface area contributed by atoms with E-state index < -0.39 is 86.7 Å². The summed E-state index contributed by atoms with van der Waals surface area (Å²) < 4.78 is 120. The maximum absolute atomic E-state index is 15.7. The summed E-state index contributed by atoms with van der Waals surface area (Å²) in [7, 11) is -0.424. The van der Waals surface area contributed by atoms with Crippen molar-refractivity contribution in [1.82, 2.24) is 39.4 Å². The molecule has 0 unspecified atom stereocenters. The summed E-state index contributed by atoms with van der Waals surface area (Å²) in [6.45, 7) is 2.77. The number of sulfonamides is 1. The van der Waals surface area contributed by atoms with Crippen molar-refractivity contribution in [3.8, 4) is 23.7 Å². The zero-order valence-electron chi connectivity index (χ0n) is 33.6. The number of nitrogens with zero attached hydrogens (tertiary/aromatic N) is 7. The molecule has 0 saturated carbocycles. The standard InChI is InChI=1S/C42H36ClF6N9O3S/c1-41(2,40-50-14-15-56(40)3)13-12-24-6-7-25(26-9-11-29(43)33-36(26)57(4)54-39(33)55-62(5,60)61)34(51-24)30(18-21-16-22(44)19-23(45)17-21)52-31(59)20-58-37-32(35(53-58)38(46)47)27-8-10-28(27)42(37,48)49/h6-7,14-17,19,27-28,30,38H,9,11,18,20H2,1-5H3,(H,52,59)(H,54,55)/t27-,28+,30-/m0/s1. The number of aryl methyl sites for hydroxylation is 2. The van der Waals surface area contributed by atoms with Gasteiger partial charge in [-0.25, -0.2) is 35.9 Å². The molecule has 0 radical (unpaired) electrons. The van der Waals surface area contributed by atoms with Crippen molar-refractivity contribution in [2.24, 2.45) is 20.0 Å². The minimum absolute atomic E-state index is 0.0358. The predicted molar refractivity (Wildman–Crippen MR) is 215 cm³/mol. The topological polar surface area (TPSA) is 142 Å². The van der Waals surface area contributed by atoms with Crippen molar-refractivity contribution in [2.75, 3.05) is 11.0 Å². The Hall–Kier alpha value is -6.05. The minimum atomic E-state index is -3.82. The molecule has 62 heavy (non-hydrogen) atoms. The van der Waals surface area contributed by atoms with Gasteiger partial charge in [-0.15, -0.1) is 0 Å². The Labute approximate surface area is 356 Å². The van der Waals surface area contributed by atoms with Crippen LogP contribution in [0.4, 0.5) is 32.2 Å². The molecule has 0 saturated heterocycles. The van der Waals surface area contributed by atoms with Crippen LogP contribution < -0.4 is 20.6 Å². The molecule has 3 atom stereocenters. The second-order valence-corrected chi connectivity index (χ2v) is 18.1. The van der Waals surface area contributed by atoms with Gasteiger partial charge in [0.05, 0.1) is 39.9 Å². The summed E-state index contributed by atoms with van der Waals surface area (Å²) in [6, 6.07) is 4.78. The number of benzene rings is 1. The lowest BCUT2D eigenvalue weighted by Gasteiger charge is -2.25. The Bertz CT molecular complexity index is 3060. The molecular weight excluding hydrogens is 860 g/mol. The number of fused-ring (bicyclic) bond motifs is 4. The third-order valence-electron chi connectivity index (χ3n) is 10.9. The first-order chi connectivity index (χ1) is 29.1. The van der Waals surface area contributed by atoms with Gasteiger partial charge in [0, 0.05) is 48.7 Å². The number of carbonyl (C=O) groups excluding carboxylic acids is 1. The third kappa shape index (κ3) is 7.72. The second-order valence-electron chi connectivity index (χ2n) is 15.9. The normalized spacial score (nSPS) is 17.9. The first kappa shape index (κ1) is 42.6. The number of alkyl halides is 4. The van der Waals surface area contributed by atoms with Crippen molar-refractivity contribution < 1.29 is 39.6 Å². The van der Waals surface area contributed by atoms with Gasteiger partial charge in [0.2, 0.25) is 15.9 Å². The molecule has 2 N–H and O–H groups in total. The minimum Gasteiger partial charge on any atom is -0.346 e.